The average Bonchev–Trinajstić information content (AvgIpc) is 3.15. The van der Waals surface area contributed by atoms with Gasteiger partial charge in [0.25, 0.3) is 0 Å². The number of fused-ring (bicyclic) bond motifs is 1. The maximum Gasteiger partial charge on any atom is 0.224 e. The second kappa shape index (κ2) is 5.90. The van der Waals surface area contributed by atoms with Gasteiger partial charge in [0.15, 0.2) is 0 Å². The summed E-state index contributed by atoms with van der Waals surface area (Å²) in [4.78, 5) is 24.5. The van der Waals surface area contributed by atoms with Crippen LogP contribution in [0.4, 0.5) is 0 Å². The highest BCUT2D eigenvalue weighted by Gasteiger charge is 2.28. The molecule has 3 rings (SSSR count). The van der Waals surface area contributed by atoms with Crippen molar-refractivity contribution < 1.29 is 4.79 Å². The molecular formula is C15H22N6O. The number of aromatic amines is 2. The minimum atomic E-state index is -0.163. The SMILES string of the molecule is CC(C)c1nc2c([nH]1)CC(C(=O)NC(C)c1ncn[nH]1)CC2. The lowest BCUT2D eigenvalue weighted by Crippen LogP contribution is -2.36. The van der Waals surface area contributed by atoms with Gasteiger partial charge < -0.3 is 10.3 Å². The van der Waals surface area contributed by atoms with Crippen LogP contribution in [0.5, 0.6) is 0 Å². The lowest BCUT2D eigenvalue weighted by molar-refractivity contribution is -0.126. The Balaban J connectivity index is 1.65. The number of amides is 1. The van der Waals surface area contributed by atoms with Gasteiger partial charge in [-0.15, -0.1) is 0 Å². The average molecular weight is 302 g/mol. The van der Waals surface area contributed by atoms with E-state index < -0.39 is 0 Å². The fraction of sp³-hybridized carbons (Fsp3) is 0.600. The van der Waals surface area contributed by atoms with Crippen molar-refractivity contribution in [2.45, 2.75) is 52.0 Å². The van der Waals surface area contributed by atoms with Gasteiger partial charge in [0.1, 0.15) is 18.0 Å². The van der Waals surface area contributed by atoms with Gasteiger partial charge in [-0.3, -0.25) is 9.89 Å². The highest BCUT2D eigenvalue weighted by atomic mass is 16.1. The minimum Gasteiger partial charge on any atom is -0.346 e. The summed E-state index contributed by atoms with van der Waals surface area (Å²) in [5, 5.41) is 9.60. The first kappa shape index (κ1) is 14.7. The molecule has 0 aliphatic heterocycles. The Morgan fingerprint density at radius 1 is 1.36 bits per heavy atom. The largest absolute Gasteiger partial charge is 0.346 e. The van der Waals surface area contributed by atoms with Crippen molar-refractivity contribution in [1.29, 1.82) is 0 Å². The van der Waals surface area contributed by atoms with Crippen LogP contribution in [0.15, 0.2) is 6.33 Å². The molecule has 22 heavy (non-hydrogen) atoms. The van der Waals surface area contributed by atoms with Crippen molar-refractivity contribution in [3.05, 3.63) is 29.4 Å². The predicted molar refractivity (Wildman–Crippen MR) is 81.1 cm³/mol. The zero-order valence-corrected chi connectivity index (χ0v) is 13.2. The van der Waals surface area contributed by atoms with Crippen LogP contribution in [-0.2, 0) is 17.6 Å². The number of nitrogens with one attached hydrogen (secondary N) is 3. The Morgan fingerprint density at radius 3 is 2.86 bits per heavy atom. The van der Waals surface area contributed by atoms with E-state index in [1.165, 1.54) is 6.33 Å². The molecule has 0 spiro atoms. The Kier molecular flexibility index (Phi) is 3.96. The number of carbonyl (C=O) groups is 1. The van der Waals surface area contributed by atoms with E-state index in [1.807, 2.05) is 6.92 Å². The van der Waals surface area contributed by atoms with E-state index in [9.17, 15) is 4.79 Å². The van der Waals surface area contributed by atoms with E-state index in [-0.39, 0.29) is 17.9 Å². The molecule has 0 aromatic carbocycles. The molecule has 2 heterocycles. The number of nitrogens with zero attached hydrogens (tertiary/aromatic N) is 3. The first-order chi connectivity index (χ1) is 10.5. The highest BCUT2D eigenvalue weighted by Crippen LogP contribution is 2.26. The third-order valence-electron chi connectivity index (χ3n) is 4.18. The second-order valence-electron chi connectivity index (χ2n) is 6.24. The molecule has 0 bridgehead atoms. The van der Waals surface area contributed by atoms with Gasteiger partial charge in [0, 0.05) is 24.0 Å². The predicted octanol–water partition coefficient (Wildman–Crippen LogP) is 1.63. The smallest absolute Gasteiger partial charge is 0.224 e. The standard InChI is InChI=1S/C15H22N6O/c1-8(2)13-19-11-5-4-10(6-12(11)20-13)15(22)18-9(3)14-16-7-17-21-14/h7-10H,4-6H2,1-3H3,(H,18,22)(H,19,20)(H,16,17,21). The summed E-state index contributed by atoms with van der Waals surface area (Å²) >= 11 is 0. The van der Waals surface area contributed by atoms with Crippen LogP contribution in [-0.4, -0.2) is 31.1 Å². The van der Waals surface area contributed by atoms with E-state index in [0.29, 0.717) is 11.7 Å². The lowest BCUT2D eigenvalue weighted by atomic mass is 9.89. The van der Waals surface area contributed by atoms with E-state index in [0.717, 1.165) is 36.5 Å². The third kappa shape index (κ3) is 2.88. The number of aryl methyl sites for hydroxylation is 1. The van der Waals surface area contributed by atoms with E-state index in [2.05, 4.69) is 44.3 Å². The summed E-state index contributed by atoms with van der Waals surface area (Å²) in [5.41, 5.74) is 2.23. The molecule has 2 aromatic rings. The van der Waals surface area contributed by atoms with Crippen LogP contribution < -0.4 is 5.32 Å². The van der Waals surface area contributed by atoms with Crippen molar-refractivity contribution >= 4 is 5.91 Å². The number of H-pyrrole nitrogens is 2. The van der Waals surface area contributed by atoms with Crippen molar-refractivity contribution in [1.82, 2.24) is 30.5 Å². The number of aromatic nitrogens is 5. The summed E-state index contributed by atoms with van der Waals surface area (Å²) in [7, 11) is 0. The van der Waals surface area contributed by atoms with Crippen molar-refractivity contribution in [3.8, 4) is 0 Å². The van der Waals surface area contributed by atoms with Crippen molar-refractivity contribution in [2.24, 2.45) is 5.92 Å². The first-order valence-corrected chi connectivity index (χ1v) is 7.78. The summed E-state index contributed by atoms with van der Waals surface area (Å²) < 4.78 is 0. The molecular weight excluding hydrogens is 280 g/mol. The molecule has 2 atom stereocenters. The van der Waals surface area contributed by atoms with E-state index in [1.54, 1.807) is 0 Å². The maximum atomic E-state index is 12.4. The molecule has 118 valence electrons. The van der Waals surface area contributed by atoms with Crippen molar-refractivity contribution in [3.63, 3.8) is 0 Å². The maximum absolute atomic E-state index is 12.4. The zero-order valence-electron chi connectivity index (χ0n) is 13.2. The summed E-state index contributed by atoms with van der Waals surface area (Å²) in [5.74, 6) is 2.12. The monoisotopic (exact) mass is 302 g/mol. The van der Waals surface area contributed by atoms with Crippen LogP contribution in [0.1, 0.15) is 62.2 Å². The van der Waals surface area contributed by atoms with Gasteiger partial charge >= 0.3 is 0 Å². The summed E-state index contributed by atoms with van der Waals surface area (Å²) in [6.07, 6.45) is 3.87. The molecule has 1 aliphatic rings. The van der Waals surface area contributed by atoms with E-state index >= 15 is 0 Å². The molecule has 2 aromatic heterocycles. The van der Waals surface area contributed by atoms with Gasteiger partial charge in [0.2, 0.25) is 5.91 Å². The Morgan fingerprint density at radius 2 is 2.18 bits per heavy atom. The van der Waals surface area contributed by atoms with Gasteiger partial charge in [-0.2, -0.15) is 5.10 Å². The van der Waals surface area contributed by atoms with Crippen LogP contribution in [0.25, 0.3) is 0 Å². The van der Waals surface area contributed by atoms with Gasteiger partial charge in [-0.05, 0) is 19.8 Å². The highest BCUT2D eigenvalue weighted by molar-refractivity contribution is 5.79. The van der Waals surface area contributed by atoms with Crippen LogP contribution in [0, 0.1) is 5.92 Å². The third-order valence-corrected chi connectivity index (χ3v) is 4.18. The molecule has 7 nitrogen and oxygen atoms in total. The molecule has 7 heteroatoms. The summed E-state index contributed by atoms with van der Waals surface area (Å²) in [6.45, 7) is 6.14. The number of imidazole rings is 1. The quantitative estimate of drug-likeness (QED) is 0.799. The van der Waals surface area contributed by atoms with Gasteiger partial charge in [-0.1, -0.05) is 13.8 Å². The second-order valence-corrected chi connectivity index (χ2v) is 6.24. The van der Waals surface area contributed by atoms with Crippen LogP contribution in [0.3, 0.4) is 0 Å². The van der Waals surface area contributed by atoms with Gasteiger partial charge in [-0.25, -0.2) is 9.97 Å². The molecule has 1 amide bonds. The lowest BCUT2D eigenvalue weighted by Gasteiger charge is -2.22. The number of carbonyl (C=O) groups excluding carboxylic acids is 1. The Bertz CT molecular complexity index is 645. The number of hydrogen-bond donors (Lipinski definition) is 3. The Hall–Kier alpha value is -2.18. The van der Waals surface area contributed by atoms with Crippen LogP contribution in [0.2, 0.25) is 0 Å². The normalized spacial score (nSPS) is 19.0. The molecule has 1 aliphatic carbocycles. The van der Waals surface area contributed by atoms with E-state index in [4.69, 9.17) is 0 Å². The molecule has 0 saturated carbocycles. The number of hydrogen-bond acceptors (Lipinski definition) is 4. The number of rotatable bonds is 4. The summed E-state index contributed by atoms with van der Waals surface area (Å²) in [6, 6.07) is -0.163. The molecule has 2 unspecified atom stereocenters. The van der Waals surface area contributed by atoms with Crippen LogP contribution >= 0.6 is 0 Å². The van der Waals surface area contributed by atoms with Crippen molar-refractivity contribution in [2.75, 3.05) is 0 Å². The first-order valence-electron chi connectivity index (χ1n) is 7.78. The van der Waals surface area contributed by atoms with Gasteiger partial charge in [0.05, 0.1) is 11.7 Å². The molecule has 0 saturated heterocycles. The molecule has 0 radical (unpaired) electrons. The fourth-order valence-corrected chi connectivity index (χ4v) is 2.82. The molecule has 3 N–H and O–H groups in total. The zero-order chi connectivity index (χ0) is 15.7. The topological polar surface area (TPSA) is 99.3 Å². The molecule has 0 fully saturated rings. The Labute approximate surface area is 129 Å². The minimum absolute atomic E-state index is 0.0154. The fourth-order valence-electron chi connectivity index (χ4n) is 2.82.